The molecule has 0 saturated carbocycles. The lowest BCUT2D eigenvalue weighted by atomic mass is 9.95. The molecule has 28 heavy (non-hydrogen) atoms. The standard InChI is InChI=1S/C21H18F3NO2S/c22-21(23,24)14-9-7-13(8-10-14)19(25-11-3-5-17(25)20(26)27)16-12-28-18-6-2-1-4-15(16)18/h1-2,4,6-10,12,17,19H,3,5,11H2,(H,26,27). The lowest BCUT2D eigenvalue weighted by molar-refractivity contribution is -0.142. The zero-order chi connectivity index (χ0) is 19.9. The lowest BCUT2D eigenvalue weighted by Crippen LogP contribution is -2.39. The topological polar surface area (TPSA) is 40.5 Å². The van der Waals surface area contributed by atoms with Crippen LogP contribution in [0.5, 0.6) is 0 Å². The Balaban J connectivity index is 1.83. The predicted octanol–water partition coefficient (Wildman–Crippen LogP) is 5.56. The molecule has 0 radical (unpaired) electrons. The average molecular weight is 405 g/mol. The molecule has 1 aliphatic heterocycles. The summed E-state index contributed by atoms with van der Waals surface area (Å²) in [7, 11) is 0. The summed E-state index contributed by atoms with van der Waals surface area (Å²) in [5.41, 5.74) is 0.902. The maximum Gasteiger partial charge on any atom is 0.416 e. The van der Waals surface area contributed by atoms with Gasteiger partial charge in [-0.1, -0.05) is 30.3 Å². The van der Waals surface area contributed by atoms with Gasteiger partial charge in [0.15, 0.2) is 0 Å². The number of carboxylic acids is 1. The fourth-order valence-corrected chi connectivity index (χ4v) is 4.96. The van der Waals surface area contributed by atoms with Crippen molar-refractivity contribution < 1.29 is 23.1 Å². The molecule has 0 aliphatic carbocycles. The summed E-state index contributed by atoms with van der Waals surface area (Å²) in [4.78, 5) is 13.7. The third-order valence-corrected chi connectivity index (χ3v) is 6.25. The van der Waals surface area contributed by atoms with Gasteiger partial charge in [-0.15, -0.1) is 11.3 Å². The predicted molar refractivity (Wildman–Crippen MR) is 102 cm³/mol. The normalized spacial score (nSPS) is 19.2. The molecule has 7 heteroatoms. The number of hydrogen-bond donors (Lipinski definition) is 1. The van der Waals surface area contributed by atoms with E-state index in [-0.39, 0.29) is 0 Å². The number of carboxylic acid groups (broad SMARTS) is 1. The van der Waals surface area contributed by atoms with Crippen LogP contribution in [0.25, 0.3) is 10.1 Å². The molecule has 2 aromatic carbocycles. The minimum Gasteiger partial charge on any atom is -0.480 e. The Bertz CT molecular complexity index is 997. The van der Waals surface area contributed by atoms with Gasteiger partial charge in [-0.3, -0.25) is 9.69 Å². The van der Waals surface area contributed by atoms with E-state index < -0.39 is 29.8 Å². The molecular formula is C21H18F3NO2S. The van der Waals surface area contributed by atoms with Gasteiger partial charge in [-0.05, 0) is 52.9 Å². The molecule has 4 rings (SSSR count). The van der Waals surface area contributed by atoms with E-state index in [0.29, 0.717) is 18.5 Å². The van der Waals surface area contributed by atoms with E-state index in [9.17, 15) is 23.1 Å². The summed E-state index contributed by atoms with van der Waals surface area (Å²) in [6.07, 6.45) is -3.12. The van der Waals surface area contributed by atoms with Crippen molar-refractivity contribution in [1.82, 2.24) is 4.90 Å². The first-order valence-corrected chi connectivity index (χ1v) is 9.86. The summed E-state index contributed by atoms with van der Waals surface area (Å²) in [6.45, 7) is 0.590. The Hall–Kier alpha value is -2.38. The highest BCUT2D eigenvalue weighted by Gasteiger charge is 2.38. The van der Waals surface area contributed by atoms with Crippen LogP contribution < -0.4 is 0 Å². The van der Waals surface area contributed by atoms with Crippen LogP contribution in [0.15, 0.2) is 53.9 Å². The number of rotatable bonds is 4. The highest BCUT2D eigenvalue weighted by Crippen LogP contribution is 2.41. The number of hydrogen-bond acceptors (Lipinski definition) is 3. The zero-order valence-electron chi connectivity index (χ0n) is 14.8. The number of alkyl halides is 3. The second-order valence-electron chi connectivity index (χ2n) is 6.94. The van der Waals surface area contributed by atoms with Gasteiger partial charge in [0.2, 0.25) is 0 Å². The molecule has 0 amide bonds. The zero-order valence-corrected chi connectivity index (χ0v) is 15.6. The molecule has 1 fully saturated rings. The first-order valence-electron chi connectivity index (χ1n) is 8.98. The number of aliphatic carboxylic acids is 1. The number of likely N-dealkylation sites (tertiary alicyclic amines) is 1. The molecule has 2 atom stereocenters. The fourth-order valence-electron chi connectivity index (χ4n) is 3.98. The summed E-state index contributed by atoms with van der Waals surface area (Å²) in [5.74, 6) is -0.894. The SMILES string of the molecule is O=C(O)C1CCCN1C(c1ccc(C(F)(F)F)cc1)c1csc2ccccc12. The maximum atomic E-state index is 13.0. The maximum absolute atomic E-state index is 13.0. The largest absolute Gasteiger partial charge is 0.480 e. The Morgan fingerprint density at radius 2 is 1.86 bits per heavy atom. The second kappa shape index (κ2) is 7.22. The highest BCUT2D eigenvalue weighted by atomic mass is 32.1. The van der Waals surface area contributed by atoms with Crippen molar-refractivity contribution in [3.63, 3.8) is 0 Å². The third-order valence-electron chi connectivity index (χ3n) is 5.27. The molecule has 3 aromatic rings. The van der Waals surface area contributed by atoms with Gasteiger partial charge < -0.3 is 5.11 Å². The Morgan fingerprint density at radius 3 is 2.54 bits per heavy atom. The Morgan fingerprint density at radius 1 is 1.14 bits per heavy atom. The van der Waals surface area contributed by atoms with Crippen LogP contribution >= 0.6 is 11.3 Å². The number of benzene rings is 2. The number of thiophene rings is 1. The molecule has 2 heterocycles. The van der Waals surface area contributed by atoms with Gasteiger partial charge in [0, 0.05) is 11.2 Å². The van der Waals surface area contributed by atoms with Crippen LogP contribution in [0.1, 0.15) is 35.6 Å². The second-order valence-corrected chi connectivity index (χ2v) is 7.85. The van der Waals surface area contributed by atoms with Crippen molar-refractivity contribution in [3.8, 4) is 0 Å². The van der Waals surface area contributed by atoms with Crippen molar-refractivity contribution >= 4 is 27.4 Å². The monoisotopic (exact) mass is 405 g/mol. The van der Waals surface area contributed by atoms with Crippen LogP contribution in [0.2, 0.25) is 0 Å². The van der Waals surface area contributed by atoms with Gasteiger partial charge in [-0.2, -0.15) is 13.2 Å². The Labute approximate surface area is 164 Å². The summed E-state index contributed by atoms with van der Waals surface area (Å²) >= 11 is 1.56. The number of fused-ring (bicyclic) bond motifs is 1. The molecule has 0 bridgehead atoms. The van der Waals surface area contributed by atoms with E-state index in [0.717, 1.165) is 34.2 Å². The molecule has 0 spiro atoms. The third kappa shape index (κ3) is 3.40. The molecule has 3 nitrogen and oxygen atoms in total. The summed E-state index contributed by atoms with van der Waals surface area (Å²) in [5, 5.41) is 12.7. The smallest absolute Gasteiger partial charge is 0.416 e. The van der Waals surface area contributed by atoms with Crippen molar-refractivity contribution in [2.75, 3.05) is 6.54 Å². The van der Waals surface area contributed by atoms with Crippen LogP contribution in [0.4, 0.5) is 13.2 Å². The van der Waals surface area contributed by atoms with Crippen molar-refractivity contribution in [1.29, 1.82) is 0 Å². The molecular weight excluding hydrogens is 387 g/mol. The van der Waals surface area contributed by atoms with Crippen molar-refractivity contribution in [2.24, 2.45) is 0 Å². The molecule has 1 aromatic heterocycles. The minimum absolute atomic E-state index is 0.401. The van der Waals surface area contributed by atoms with Gasteiger partial charge in [0.05, 0.1) is 11.6 Å². The molecule has 146 valence electrons. The highest BCUT2D eigenvalue weighted by molar-refractivity contribution is 7.17. The lowest BCUT2D eigenvalue weighted by Gasteiger charge is -2.32. The minimum atomic E-state index is -4.40. The number of halogens is 3. The molecule has 1 N–H and O–H groups in total. The van der Waals surface area contributed by atoms with Gasteiger partial charge in [0.1, 0.15) is 6.04 Å². The van der Waals surface area contributed by atoms with Gasteiger partial charge in [-0.25, -0.2) is 0 Å². The van der Waals surface area contributed by atoms with E-state index in [1.165, 1.54) is 12.1 Å². The van der Waals surface area contributed by atoms with E-state index in [4.69, 9.17) is 0 Å². The fraction of sp³-hybridized carbons (Fsp3) is 0.286. The van der Waals surface area contributed by atoms with Crippen LogP contribution in [-0.2, 0) is 11.0 Å². The van der Waals surface area contributed by atoms with Crippen LogP contribution in [-0.4, -0.2) is 28.6 Å². The first-order chi connectivity index (χ1) is 13.4. The number of carbonyl (C=O) groups is 1. The first kappa shape index (κ1) is 19.0. The quantitative estimate of drug-likeness (QED) is 0.618. The van der Waals surface area contributed by atoms with E-state index in [1.54, 1.807) is 11.3 Å². The Kier molecular flexibility index (Phi) is 4.89. The number of nitrogens with zero attached hydrogens (tertiary/aromatic N) is 1. The molecule has 2 unspecified atom stereocenters. The average Bonchev–Trinajstić information content (AvgIpc) is 3.30. The van der Waals surface area contributed by atoms with E-state index in [1.807, 2.05) is 34.5 Å². The molecule has 1 aliphatic rings. The van der Waals surface area contributed by atoms with Gasteiger partial charge in [0.25, 0.3) is 0 Å². The van der Waals surface area contributed by atoms with Crippen molar-refractivity contribution in [3.05, 3.63) is 70.6 Å². The molecule has 1 saturated heterocycles. The van der Waals surface area contributed by atoms with Crippen molar-refractivity contribution in [2.45, 2.75) is 31.1 Å². The summed E-state index contributed by atoms with van der Waals surface area (Å²) in [6, 6.07) is 11.9. The van der Waals surface area contributed by atoms with Crippen LogP contribution in [0, 0.1) is 0 Å². The van der Waals surface area contributed by atoms with Crippen LogP contribution in [0.3, 0.4) is 0 Å². The van der Waals surface area contributed by atoms with E-state index in [2.05, 4.69) is 0 Å². The van der Waals surface area contributed by atoms with E-state index >= 15 is 0 Å². The summed E-state index contributed by atoms with van der Waals surface area (Å²) < 4.78 is 40.0. The van der Waals surface area contributed by atoms with Gasteiger partial charge >= 0.3 is 12.1 Å².